The summed E-state index contributed by atoms with van der Waals surface area (Å²) in [7, 11) is 0. The molecule has 0 saturated heterocycles. The summed E-state index contributed by atoms with van der Waals surface area (Å²) in [6.07, 6.45) is 2.05. The SMILES string of the molecule is c1ccc2c(c1)[nH]c1c2ccc2c1nc1ccccn12. The normalized spacial score (nSPS) is 12.0. The second kappa shape index (κ2) is 3.39. The Morgan fingerprint density at radius 3 is 2.75 bits per heavy atom. The number of rotatable bonds is 0. The Kier molecular flexibility index (Phi) is 1.70. The lowest BCUT2D eigenvalue weighted by atomic mass is 10.1. The fourth-order valence-corrected chi connectivity index (χ4v) is 3.04. The summed E-state index contributed by atoms with van der Waals surface area (Å²) in [5.41, 5.74) is 5.43. The summed E-state index contributed by atoms with van der Waals surface area (Å²) >= 11 is 0. The molecule has 0 saturated carbocycles. The molecule has 5 rings (SSSR count). The lowest BCUT2D eigenvalue weighted by Gasteiger charge is -1.95. The number of aromatic amines is 1. The van der Waals surface area contributed by atoms with Crippen LogP contribution in [0, 0.1) is 0 Å². The van der Waals surface area contributed by atoms with Crippen LogP contribution in [-0.4, -0.2) is 14.4 Å². The van der Waals surface area contributed by atoms with Crippen LogP contribution in [0.2, 0.25) is 0 Å². The summed E-state index contributed by atoms with van der Waals surface area (Å²) in [5, 5.41) is 2.48. The molecule has 0 fully saturated rings. The maximum atomic E-state index is 4.77. The Balaban J connectivity index is 2.10. The van der Waals surface area contributed by atoms with Crippen LogP contribution >= 0.6 is 0 Å². The van der Waals surface area contributed by atoms with Gasteiger partial charge in [-0.05, 0) is 30.3 Å². The Morgan fingerprint density at radius 1 is 0.850 bits per heavy atom. The number of hydrogen-bond donors (Lipinski definition) is 1. The average molecular weight is 257 g/mol. The number of nitrogens with zero attached hydrogens (tertiary/aromatic N) is 2. The van der Waals surface area contributed by atoms with Gasteiger partial charge >= 0.3 is 0 Å². The molecule has 3 aromatic heterocycles. The van der Waals surface area contributed by atoms with Crippen LogP contribution in [-0.2, 0) is 0 Å². The van der Waals surface area contributed by atoms with Gasteiger partial charge in [-0.2, -0.15) is 0 Å². The van der Waals surface area contributed by atoms with Crippen molar-refractivity contribution in [1.82, 2.24) is 14.4 Å². The van der Waals surface area contributed by atoms with E-state index < -0.39 is 0 Å². The van der Waals surface area contributed by atoms with Crippen LogP contribution in [0.3, 0.4) is 0 Å². The quantitative estimate of drug-likeness (QED) is 0.444. The zero-order valence-electron chi connectivity index (χ0n) is 10.7. The standard InChI is InChI=1S/C17H11N3/c1-2-6-13-11(5-1)12-8-9-14-17(16(12)18-13)19-15-7-3-4-10-20(14)15/h1-10,18H. The van der Waals surface area contributed by atoms with E-state index in [2.05, 4.69) is 52.0 Å². The minimum atomic E-state index is 0.980. The van der Waals surface area contributed by atoms with Gasteiger partial charge in [-0.15, -0.1) is 0 Å². The van der Waals surface area contributed by atoms with E-state index in [4.69, 9.17) is 4.98 Å². The van der Waals surface area contributed by atoms with Crippen LogP contribution in [0.1, 0.15) is 0 Å². The van der Waals surface area contributed by atoms with Gasteiger partial charge in [0.2, 0.25) is 0 Å². The van der Waals surface area contributed by atoms with E-state index in [0.29, 0.717) is 0 Å². The number of fused-ring (bicyclic) bond motifs is 7. The summed E-state index contributed by atoms with van der Waals surface area (Å²) in [6, 6.07) is 18.8. The predicted molar refractivity (Wildman–Crippen MR) is 82.1 cm³/mol. The molecule has 1 N–H and O–H groups in total. The van der Waals surface area contributed by atoms with Crippen molar-refractivity contribution in [3.63, 3.8) is 0 Å². The molecule has 2 aromatic carbocycles. The Hall–Kier alpha value is -2.81. The number of hydrogen-bond acceptors (Lipinski definition) is 1. The van der Waals surface area contributed by atoms with Gasteiger partial charge in [0, 0.05) is 22.5 Å². The fraction of sp³-hybridized carbons (Fsp3) is 0. The number of aromatic nitrogens is 3. The number of H-pyrrole nitrogens is 1. The van der Waals surface area contributed by atoms with Crippen LogP contribution in [0.5, 0.6) is 0 Å². The molecule has 0 spiro atoms. The molecule has 3 nitrogen and oxygen atoms in total. The van der Waals surface area contributed by atoms with Crippen molar-refractivity contribution in [3.8, 4) is 0 Å². The van der Waals surface area contributed by atoms with Gasteiger partial charge in [-0.1, -0.05) is 24.3 Å². The fourth-order valence-electron chi connectivity index (χ4n) is 3.04. The maximum absolute atomic E-state index is 4.77. The minimum Gasteiger partial charge on any atom is -0.353 e. The molecule has 0 aliphatic carbocycles. The molecular weight excluding hydrogens is 246 g/mol. The van der Waals surface area contributed by atoms with Gasteiger partial charge in [-0.3, -0.25) is 4.40 Å². The highest BCUT2D eigenvalue weighted by Crippen LogP contribution is 2.31. The third-order valence-electron chi connectivity index (χ3n) is 3.96. The first-order valence-electron chi connectivity index (χ1n) is 6.68. The summed E-state index contributed by atoms with van der Waals surface area (Å²) in [5.74, 6) is 0. The minimum absolute atomic E-state index is 0.980. The second-order valence-electron chi connectivity index (χ2n) is 5.07. The average Bonchev–Trinajstić information content (AvgIpc) is 3.05. The molecule has 5 aromatic rings. The first kappa shape index (κ1) is 10.0. The van der Waals surface area contributed by atoms with Crippen molar-refractivity contribution < 1.29 is 0 Å². The van der Waals surface area contributed by atoms with Gasteiger partial charge in [0.25, 0.3) is 0 Å². The number of para-hydroxylation sites is 1. The molecule has 0 atom stereocenters. The third kappa shape index (κ3) is 1.12. The lowest BCUT2D eigenvalue weighted by molar-refractivity contribution is 1.23. The van der Waals surface area contributed by atoms with E-state index in [1.54, 1.807) is 0 Å². The number of benzene rings is 2. The number of imidazole rings is 1. The monoisotopic (exact) mass is 257 g/mol. The van der Waals surface area contributed by atoms with Gasteiger partial charge in [0.1, 0.15) is 11.2 Å². The van der Waals surface area contributed by atoms with Crippen molar-refractivity contribution in [2.24, 2.45) is 0 Å². The first-order chi connectivity index (χ1) is 9.92. The van der Waals surface area contributed by atoms with Gasteiger partial charge in [0.15, 0.2) is 0 Å². The first-order valence-corrected chi connectivity index (χ1v) is 6.68. The molecule has 3 heteroatoms. The molecule has 0 bridgehead atoms. The highest BCUT2D eigenvalue weighted by Gasteiger charge is 2.11. The molecular formula is C17H11N3. The highest BCUT2D eigenvalue weighted by molar-refractivity contribution is 6.15. The summed E-state index contributed by atoms with van der Waals surface area (Å²) < 4.78 is 2.13. The van der Waals surface area contributed by atoms with Crippen LogP contribution in [0.4, 0.5) is 0 Å². The van der Waals surface area contributed by atoms with Crippen molar-refractivity contribution in [1.29, 1.82) is 0 Å². The molecule has 0 radical (unpaired) electrons. The topological polar surface area (TPSA) is 33.1 Å². The van der Waals surface area contributed by atoms with Gasteiger partial charge < -0.3 is 4.98 Å². The smallest absolute Gasteiger partial charge is 0.137 e. The largest absolute Gasteiger partial charge is 0.353 e. The molecule has 0 unspecified atom stereocenters. The van der Waals surface area contributed by atoms with E-state index in [1.807, 2.05) is 18.2 Å². The van der Waals surface area contributed by atoms with E-state index in [-0.39, 0.29) is 0 Å². The van der Waals surface area contributed by atoms with Crippen molar-refractivity contribution in [2.45, 2.75) is 0 Å². The predicted octanol–water partition coefficient (Wildman–Crippen LogP) is 4.12. The Labute approximate surface area is 114 Å². The van der Waals surface area contributed by atoms with Crippen molar-refractivity contribution >= 4 is 38.5 Å². The maximum Gasteiger partial charge on any atom is 0.137 e. The zero-order valence-corrected chi connectivity index (χ0v) is 10.7. The van der Waals surface area contributed by atoms with Gasteiger partial charge in [-0.25, -0.2) is 4.98 Å². The third-order valence-corrected chi connectivity index (χ3v) is 3.96. The molecule has 94 valence electrons. The van der Waals surface area contributed by atoms with Crippen molar-refractivity contribution in [2.75, 3.05) is 0 Å². The molecule has 20 heavy (non-hydrogen) atoms. The van der Waals surface area contributed by atoms with Crippen molar-refractivity contribution in [3.05, 3.63) is 60.8 Å². The van der Waals surface area contributed by atoms with Crippen LogP contribution in [0.15, 0.2) is 60.8 Å². The lowest BCUT2D eigenvalue weighted by Crippen LogP contribution is -1.81. The molecule has 0 aliphatic rings. The van der Waals surface area contributed by atoms with E-state index >= 15 is 0 Å². The summed E-state index contributed by atoms with van der Waals surface area (Å²) in [4.78, 5) is 8.28. The summed E-state index contributed by atoms with van der Waals surface area (Å²) in [6.45, 7) is 0. The Bertz CT molecular complexity index is 1010. The zero-order chi connectivity index (χ0) is 13.1. The highest BCUT2D eigenvalue weighted by atomic mass is 15.0. The van der Waals surface area contributed by atoms with E-state index in [0.717, 1.165) is 27.7 Å². The molecule has 3 heterocycles. The molecule has 0 amide bonds. The number of pyridine rings is 1. The van der Waals surface area contributed by atoms with E-state index in [9.17, 15) is 0 Å². The van der Waals surface area contributed by atoms with Gasteiger partial charge in [0.05, 0.1) is 11.0 Å². The van der Waals surface area contributed by atoms with E-state index in [1.165, 1.54) is 10.8 Å². The Morgan fingerprint density at radius 2 is 1.75 bits per heavy atom. The van der Waals surface area contributed by atoms with Crippen LogP contribution < -0.4 is 0 Å². The molecule has 0 aliphatic heterocycles. The number of nitrogens with one attached hydrogen (secondary N) is 1. The second-order valence-corrected chi connectivity index (χ2v) is 5.07. The van der Waals surface area contributed by atoms with Crippen LogP contribution in [0.25, 0.3) is 38.5 Å².